The van der Waals surface area contributed by atoms with Gasteiger partial charge in [0.25, 0.3) is 0 Å². The predicted molar refractivity (Wildman–Crippen MR) is 81.5 cm³/mol. The molecular weight excluding hydrogens is 630 g/mol. The van der Waals surface area contributed by atoms with Crippen molar-refractivity contribution >= 4 is 80.7 Å². The van der Waals surface area contributed by atoms with Crippen molar-refractivity contribution in [1.29, 1.82) is 0 Å². The van der Waals surface area contributed by atoms with Crippen LogP contribution in [0.15, 0.2) is 24.3 Å². The third-order valence-corrected chi connectivity index (χ3v) is 1.35. The fourth-order valence-corrected chi connectivity index (χ4v) is 0.818. The molecule has 1 aromatic rings. The Labute approximate surface area is 136 Å². The molecule has 0 spiro atoms. The summed E-state index contributed by atoms with van der Waals surface area (Å²) in [5.41, 5.74) is 6.39. The van der Waals surface area contributed by atoms with Crippen LogP contribution in [0.3, 0.4) is 0 Å². The SMILES string of the molecule is NCCc1ccc(F)cc1.[I][Ca][I].[PbH2]. The van der Waals surface area contributed by atoms with Crippen molar-refractivity contribution in [3.63, 3.8) is 0 Å². The Hall–Kier alpha value is 2.75. The van der Waals surface area contributed by atoms with E-state index in [4.69, 9.17) is 5.73 Å². The number of rotatable bonds is 2. The number of benzene rings is 1. The van der Waals surface area contributed by atoms with E-state index in [9.17, 15) is 4.39 Å². The van der Waals surface area contributed by atoms with Gasteiger partial charge in [-0.15, -0.1) is 0 Å². The second-order valence-corrected chi connectivity index (χ2v) is 20.9. The van der Waals surface area contributed by atoms with Gasteiger partial charge in [0.2, 0.25) is 0 Å². The zero-order chi connectivity index (χ0) is 10.1. The molecule has 0 unspecified atom stereocenters. The van der Waals surface area contributed by atoms with Crippen LogP contribution in [0.25, 0.3) is 0 Å². The average molecular weight is 642 g/mol. The Morgan fingerprint density at radius 2 is 1.64 bits per heavy atom. The van der Waals surface area contributed by atoms with Gasteiger partial charge in [0.1, 0.15) is 5.82 Å². The van der Waals surface area contributed by atoms with Crippen LogP contribution in [-0.2, 0) is 6.42 Å². The Morgan fingerprint density at radius 3 is 2.00 bits per heavy atom. The molecule has 0 aliphatic carbocycles. The number of halogens is 3. The number of hydrogen-bond acceptors (Lipinski definition) is 1. The fraction of sp³-hybridized carbons (Fsp3) is 0.250. The van der Waals surface area contributed by atoms with Crippen LogP contribution in [0.5, 0.6) is 0 Å². The first-order valence-corrected chi connectivity index (χ1v) is 18.1. The topological polar surface area (TPSA) is 26.0 Å². The van der Waals surface area contributed by atoms with Crippen molar-refractivity contribution < 1.29 is 4.39 Å². The quantitative estimate of drug-likeness (QED) is 0.387. The van der Waals surface area contributed by atoms with Gasteiger partial charge in [-0.05, 0) is 30.7 Å². The van der Waals surface area contributed by atoms with Gasteiger partial charge in [-0.3, -0.25) is 0 Å². The van der Waals surface area contributed by atoms with Crippen LogP contribution in [0, 0.1) is 5.82 Å². The molecule has 0 aliphatic heterocycles. The maximum absolute atomic E-state index is 12.3. The maximum atomic E-state index is 12.3. The summed E-state index contributed by atoms with van der Waals surface area (Å²) in [5.74, 6) is -0.194. The van der Waals surface area contributed by atoms with Gasteiger partial charge in [-0.1, -0.05) is 12.1 Å². The fourth-order valence-electron chi connectivity index (χ4n) is 0.818. The van der Waals surface area contributed by atoms with Crippen LogP contribution >= 0.6 is 30.0 Å². The summed E-state index contributed by atoms with van der Waals surface area (Å²) in [7, 11) is 0. The van der Waals surface area contributed by atoms with E-state index in [1.54, 1.807) is 12.1 Å². The Kier molecular flexibility index (Phi) is 18.8. The molecule has 1 rings (SSSR count). The molecule has 76 valence electrons. The Balaban J connectivity index is 0. The molecule has 1 nitrogen and oxygen atoms in total. The minimum absolute atomic E-state index is 0. The van der Waals surface area contributed by atoms with Crippen LogP contribution < -0.4 is 5.73 Å². The summed E-state index contributed by atoms with van der Waals surface area (Å²) in [5, 5.41) is 0. The summed E-state index contributed by atoms with van der Waals surface area (Å²) < 4.78 is 12.3. The normalized spacial score (nSPS) is 7.71. The molecule has 0 fully saturated rings. The van der Waals surface area contributed by atoms with E-state index in [-0.39, 0.29) is 56.5 Å². The minimum atomic E-state index is -0.194. The van der Waals surface area contributed by atoms with Gasteiger partial charge in [-0.25, -0.2) is 4.39 Å². The molecule has 0 saturated carbocycles. The molecule has 1 aromatic carbocycles. The van der Waals surface area contributed by atoms with E-state index in [1.165, 1.54) is 12.1 Å². The number of nitrogens with two attached hydrogens (primary N) is 1. The summed E-state index contributed by atoms with van der Waals surface area (Å²) in [6, 6.07) is 6.40. The number of hydrogen-bond donors (Lipinski definition) is 1. The molecule has 2 radical (unpaired) electrons. The molecule has 0 heterocycles. The molecule has 0 aliphatic rings. The van der Waals surface area contributed by atoms with E-state index in [0.717, 1.165) is 12.0 Å². The third kappa shape index (κ3) is 11.2. The average Bonchev–Trinajstić information content (AvgIpc) is 2.11. The molecule has 6 heteroatoms. The van der Waals surface area contributed by atoms with E-state index in [2.05, 4.69) is 30.0 Å². The van der Waals surface area contributed by atoms with Crippen molar-refractivity contribution in [2.45, 2.75) is 6.42 Å². The standard InChI is InChI=1S/C8H10FN.Ca.2HI.Pb.2H/c9-8-3-1-7(2-4-8)5-6-10;;;;;;/h1-4H,5-6,10H2;;2*1H;;;/q;+2;;;;;/p-2. The zero-order valence-corrected chi connectivity index (χ0v) is 19.9. The summed E-state index contributed by atoms with van der Waals surface area (Å²) in [4.78, 5) is 0. The Bertz CT molecular complexity index is 223. The second kappa shape index (κ2) is 13.8. The first-order chi connectivity index (χ1) is 6.24. The van der Waals surface area contributed by atoms with Crippen LogP contribution in [0.1, 0.15) is 5.56 Å². The summed E-state index contributed by atoms with van der Waals surface area (Å²) in [6.45, 7) is 0.617. The van der Waals surface area contributed by atoms with E-state index >= 15 is 0 Å². The van der Waals surface area contributed by atoms with Crippen molar-refractivity contribution in [3.8, 4) is 0 Å². The van der Waals surface area contributed by atoms with Crippen molar-refractivity contribution in [1.82, 2.24) is 0 Å². The Morgan fingerprint density at radius 1 is 1.21 bits per heavy atom. The van der Waals surface area contributed by atoms with Crippen molar-refractivity contribution in [3.05, 3.63) is 35.6 Å². The van der Waals surface area contributed by atoms with E-state index in [0.29, 0.717) is 6.54 Å². The van der Waals surface area contributed by atoms with Gasteiger partial charge >= 0.3 is 80.7 Å². The van der Waals surface area contributed by atoms with Crippen LogP contribution in [0.4, 0.5) is 4.39 Å². The van der Waals surface area contributed by atoms with Gasteiger partial charge < -0.3 is 5.73 Å². The van der Waals surface area contributed by atoms with Gasteiger partial charge in [-0.2, -0.15) is 0 Å². The van der Waals surface area contributed by atoms with Gasteiger partial charge in [0.15, 0.2) is 0 Å². The molecule has 0 saturated heterocycles. The van der Waals surface area contributed by atoms with Crippen LogP contribution in [-0.4, -0.2) is 57.3 Å². The molecule has 0 atom stereocenters. The van der Waals surface area contributed by atoms with E-state index < -0.39 is 0 Å². The summed E-state index contributed by atoms with van der Waals surface area (Å²) >= 11 is 4.99. The molecule has 2 N–H and O–H groups in total. The molecule has 14 heavy (non-hydrogen) atoms. The molecule has 0 amide bonds. The second-order valence-electron chi connectivity index (χ2n) is 2.27. The van der Waals surface area contributed by atoms with Crippen LogP contribution in [0.2, 0.25) is 0 Å². The van der Waals surface area contributed by atoms with Crippen molar-refractivity contribution in [2.24, 2.45) is 5.73 Å². The monoisotopic (exact) mass is 643 g/mol. The predicted octanol–water partition coefficient (Wildman–Crippen LogP) is 1.80. The van der Waals surface area contributed by atoms with Crippen molar-refractivity contribution in [2.75, 3.05) is 6.54 Å². The van der Waals surface area contributed by atoms with Gasteiger partial charge in [0, 0.05) is 0 Å². The first-order valence-electron chi connectivity index (χ1n) is 3.81. The third-order valence-electron chi connectivity index (χ3n) is 1.35. The first kappa shape index (κ1) is 19.1. The summed E-state index contributed by atoms with van der Waals surface area (Å²) in [6.07, 6.45) is 0.820. The zero-order valence-electron chi connectivity index (χ0n) is 7.85. The van der Waals surface area contributed by atoms with Gasteiger partial charge in [0.05, 0.1) is 0 Å². The molecule has 0 bridgehead atoms. The molecular formula is C8H12CaFI2NPb. The van der Waals surface area contributed by atoms with E-state index in [1.807, 2.05) is 0 Å². The molecule has 0 aromatic heterocycles.